The summed E-state index contributed by atoms with van der Waals surface area (Å²) in [5.74, 6) is 1.55. The molecule has 0 fully saturated rings. The van der Waals surface area contributed by atoms with Crippen LogP contribution >= 0.6 is 11.8 Å². The number of hydrogen-bond donors (Lipinski definition) is 0. The molecular weight excluding hydrogens is 384 g/mol. The number of oxazole rings is 1. The third kappa shape index (κ3) is 4.45. The molecule has 2 aromatic carbocycles. The molecule has 0 bridgehead atoms. The van der Waals surface area contributed by atoms with E-state index in [-0.39, 0.29) is 4.90 Å². The van der Waals surface area contributed by atoms with Gasteiger partial charge in [-0.05, 0) is 49.2 Å². The van der Waals surface area contributed by atoms with Crippen LogP contribution in [0.25, 0.3) is 11.1 Å². The maximum Gasteiger partial charge on any atom is 0.256 e. The first-order valence-electron chi connectivity index (χ1n) is 8.43. The Morgan fingerprint density at radius 1 is 1.15 bits per heavy atom. The van der Waals surface area contributed by atoms with E-state index in [0.717, 1.165) is 16.9 Å². The Hall–Kier alpha value is -2.03. The van der Waals surface area contributed by atoms with Crippen molar-refractivity contribution in [2.24, 2.45) is 0 Å². The summed E-state index contributed by atoms with van der Waals surface area (Å²) in [6.45, 7) is 4.57. The van der Waals surface area contributed by atoms with E-state index in [9.17, 15) is 8.42 Å². The SMILES string of the molecule is Cc1ccc(C)c(OCCSc2nc3cc(S(=O)(=O)N(C)C)ccc3o2)c1. The van der Waals surface area contributed by atoms with Crippen LogP contribution < -0.4 is 4.74 Å². The highest BCUT2D eigenvalue weighted by Crippen LogP contribution is 2.26. The van der Waals surface area contributed by atoms with Crippen LogP contribution in [0.2, 0.25) is 0 Å². The molecule has 1 aromatic heterocycles. The highest BCUT2D eigenvalue weighted by Gasteiger charge is 2.19. The van der Waals surface area contributed by atoms with Crippen molar-refractivity contribution in [3.8, 4) is 5.75 Å². The molecule has 0 saturated heterocycles. The summed E-state index contributed by atoms with van der Waals surface area (Å²) >= 11 is 1.43. The number of fused-ring (bicyclic) bond motifs is 1. The number of benzene rings is 2. The molecule has 0 amide bonds. The van der Waals surface area contributed by atoms with Gasteiger partial charge >= 0.3 is 0 Å². The molecule has 27 heavy (non-hydrogen) atoms. The first-order chi connectivity index (χ1) is 12.8. The first-order valence-corrected chi connectivity index (χ1v) is 10.9. The molecule has 3 aromatic rings. The van der Waals surface area contributed by atoms with Crippen LogP contribution in [0.5, 0.6) is 5.75 Å². The van der Waals surface area contributed by atoms with Gasteiger partial charge in [0.15, 0.2) is 5.58 Å². The molecule has 144 valence electrons. The number of nitrogens with zero attached hydrogens (tertiary/aromatic N) is 2. The first kappa shape index (κ1) is 19.7. The summed E-state index contributed by atoms with van der Waals surface area (Å²) in [5, 5.41) is 0.494. The summed E-state index contributed by atoms with van der Waals surface area (Å²) in [6, 6.07) is 10.8. The fraction of sp³-hybridized carbons (Fsp3) is 0.316. The van der Waals surface area contributed by atoms with E-state index in [2.05, 4.69) is 11.1 Å². The van der Waals surface area contributed by atoms with Crippen molar-refractivity contribution in [3.05, 3.63) is 47.5 Å². The van der Waals surface area contributed by atoms with Gasteiger partial charge in [-0.3, -0.25) is 0 Å². The van der Waals surface area contributed by atoms with Gasteiger partial charge < -0.3 is 9.15 Å². The summed E-state index contributed by atoms with van der Waals surface area (Å²) in [7, 11) is -0.494. The average molecular weight is 407 g/mol. The quantitative estimate of drug-likeness (QED) is 0.438. The van der Waals surface area contributed by atoms with Crippen LogP contribution in [0.4, 0.5) is 0 Å². The summed E-state index contributed by atoms with van der Waals surface area (Å²) in [4.78, 5) is 4.58. The molecule has 0 saturated carbocycles. The molecule has 0 unspecified atom stereocenters. The zero-order valence-electron chi connectivity index (χ0n) is 15.7. The number of rotatable bonds is 7. The van der Waals surface area contributed by atoms with Crippen molar-refractivity contribution in [1.82, 2.24) is 9.29 Å². The van der Waals surface area contributed by atoms with E-state index in [1.165, 1.54) is 42.3 Å². The van der Waals surface area contributed by atoms with Crippen molar-refractivity contribution >= 4 is 32.9 Å². The van der Waals surface area contributed by atoms with Crippen molar-refractivity contribution in [2.45, 2.75) is 24.0 Å². The highest BCUT2D eigenvalue weighted by molar-refractivity contribution is 7.99. The molecule has 0 atom stereocenters. The van der Waals surface area contributed by atoms with E-state index in [0.29, 0.717) is 28.7 Å². The predicted octanol–water partition coefficient (Wildman–Crippen LogP) is 3.87. The topological polar surface area (TPSA) is 72.6 Å². The zero-order valence-corrected chi connectivity index (χ0v) is 17.4. The van der Waals surface area contributed by atoms with Crippen molar-refractivity contribution in [2.75, 3.05) is 26.5 Å². The van der Waals surface area contributed by atoms with Crippen LogP contribution in [-0.2, 0) is 10.0 Å². The van der Waals surface area contributed by atoms with Crippen LogP contribution in [0.3, 0.4) is 0 Å². The Bertz CT molecular complexity index is 1060. The van der Waals surface area contributed by atoms with Crippen molar-refractivity contribution in [3.63, 3.8) is 0 Å². The molecule has 8 heteroatoms. The van der Waals surface area contributed by atoms with E-state index >= 15 is 0 Å². The highest BCUT2D eigenvalue weighted by atomic mass is 32.2. The Kier molecular flexibility index (Phi) is 5.78. The summed E-state index contributed by atoms with van der Waals surface area (Å²) in [6.07, 6.45) is 0. The average Bonchev–Trinajstić information content (AvgIpc) is 3.03. The fourth-order valence-corrected chi connectivity index (χ4v) is 4.04. The summed E-state index contributed by atoms with van der Waals surface area (Å²) < 4.78 is 37.1. The van der Waals surface area contributed by atoms with E-state index < -0.39 is 10.0 Å². The number of sulfonamides is 1. The zero-order chi connectivity index (χ0) is 19.6. The van der Waals surface area contributed by atoms with Crippen LogP contribution in [0, 0.1) is 13.8 Å². The molecule has 0 aliphatic rings. The van der Waals surface area contributed by atoms with Gasteiger partial charge in [0, 0.05) is 19.8 Å². The normalized spacial score (nSPS) is 12.0. The van der Waals surface area contributed by atoms with Crippen LogP contribution in [0.15, 0.2) is 50.9 Å². The number of thioether (sulfide) groups is 1. The summed E-state index contributed by atoms with van der Waals surface area (Å²) in [5.41, 5.74) is 3.34. The Morgan fingerprint density at radius 2 is 1.93 bits per heavy atom. The number of aromatic nitrogens is 1. The van der Waals surface area contributed by atoms with Crippen LogP contribution in [-0.4, -0.2) is 44.2 Å². The van der Waals surface area contributed by atoms with Gasteiger partial charge in [0.2, 0.25) is 10.0 Å². The maximum absolute atomic E-state index is 12.2. The van der Waals surface area contributed by atoms with Gasteiger partial charge in [0.05, 0.1) is 11.5 Å². The number of hydrogen-bond acceptors (Lipinski definition) is 6. The van der Waals surface area contributed by atoms with Gasteiger partial charge in [0.25, 0.3) is 5.22 Å². The minimum Gasteiger partial charge on any atom is -0.492 e. The Morgan fingerprint density at radius 3 is 2.67 bits per heavy atom. The minimum absolute atomic E-state index is 0.197. The minimum atomic E-state index is -3.49. The van der Waals surface area contributed by atoms with E-state index in [1.807, 2.05) is 26.0 Å². The molecular formula is C19H22N2O4S2. The van der Waals surface area contributed by atoms with Crippen molar-refractivity contribution in [1.29, 1.82) is 0 Å². The lowest BCUT2D eigenvalue weighted by molar-refractivity contribution is 0.340. The Labute approximate surface area is 163 Å². The molecule has 0 radical (unpaired) electrons. The number of aryl methyl sites for hydroxylation is 2. The van der Waals surface area contributed by atoms with E-state index in [4.69, 9.17) is 9.15 Å². The third-order valence-electron chi connectivity index (χ3n) is 4.03. The van der Waals surface area contributed by atoms with Crippen LogP contribution in [0.1, 0.15) is 11.1 Å². The molecule has 1 heterocycles. The molecule has 0 aliphatic heterocycles. The second kappa shape index (κ2) is 7.92. The molecule has 0 aliphatic carbocycles. The largest absolute Gasteiger partial charge is 0.492 e. The third-order valence-corrected chi connectivity index (χ3v) is 6.63. The standard InChI is InChI=1S/C19H22N2O4S2/c1-13-5-6-14(2)18(11-13)24-9-10-26-19-20-16-12-15(7-8-17(16)25-19)27(22,23)21(3)4/h5-8,11-12H,9-10H2,1-4H3. The smallest absolute Gasteiger partial charge is 0.256 e. The molecule has 6 nitrogen and oxygen atoms in total. The monoisotopic (exact) mass is 406 g/mol. The van der Waals surface area contributed by atoms with E-state index in [1.54, 1.807) is 6.07 Å². The lowest BCUT2D eigenvalue weighted by Crippen LogP contribution is -2.22. The van der Waals surface area contributed by atoms with Gasteiger partial charge in [0.1, 0.15) is 11.3 Å². The lowest BCUT2D eigenvalue weighted by Gasteiger charge is -2.10. The molecule has 0 spiro atoms. The molecule has 3 rings (SSSR count). The fourth-order valence-electron chi connectivity index (χ4n) is 2.46. The van der Waals surface area contributed by atoms with Gasteiger partial charge in [-0.2, -0.15) is 0 Å². The van der Waals surface area contributed by atoms with Crippen molar-refractivity contribution < 1.29 is 17.6 Å². The second-order valence-corrected chi connectivity index (χ2v) is 9.56. The van der Waals surface area contributed by atoms with Gasteiger partial charge in [-0.15, -0.1) is 0 Å². The predicted molar refractivity (Wildman–Crippen MR) is 107 cm³/mol. The lowest BCUT2D eigenvalue weighted by atomic mass is 10.1. The second-order valence-electron chi connectivity index (χ2n) is 6.36. The van der Waals surface area contributed by atoms with Gasteiger partial charge in [-0.1, -0.05) is 23.9 Å². The van der Waals surface area contributed by atoms with Gasteiger partial charge in [-0.25, -0.2) is 17.7 Å². The maximum atomic E-state index is 12.2. The number of ether oxygens (including phenoxy) is 1. The Balaban J connectivity index is 1.65. The molecule has 0 N–H and O–H groups in total.